The van der Waals surface area contributed by atoms with E-state index in [-0.39, 0.29) is 58.6 Å². The molecule has 8 nitrogen and oxygen atoms in total. The van der Waals surface area contributed by atoms with Crippen molar-refractivity contribution in [1.29, 1.82) is 0 Å². The van der Waals surface area contributed by atoms with Crippen LogP contribution in [0.5, 0.6) is 5.75 Å². The van der Waals surface area contributed by atoms with Crippen molar-refractivity contribution in [2.75, 3.05) is 20.1 Å². The topological polar surface area (TPSA) is 96.7 Å². The lowest BCUT2D eigenvalue weighted by molar-refractivity contribution is -0.139. The lowest BCUT2D eigenvalue weighted by atomic mass is 9.80. The van der Waals surface area contributed by atoms with Crippen molar-refractivity contribution in [3.63, 3.8) is 0 Å². The molecule has 0 spiro atoms. The van der Waals surface area contributed by atoms with Crippen LogP contribution in [-0.4, -0.2) is 48.0 Å². The molecule has 0 radical (unpaired) electrons. The first kappa shape index (κ1) is 32.9. The van der Waals surface area contributed by atoms with Gasteiger partial charge in [0.1, 0.15) is 29.7 Å². The number of amides is 2. The van der Waals surface area contributed by atoms with Gasteiger partial charge >= 0.3 is 0 Å². The van der Waals surface area contributed by atoms with Gasteiger partial charge in [-0.05, 0) is 92.2 Å². The molecule has 2 fully saturated rings. The molecule has 1 saturated heterocycles. The normalized spacial score (nSPS) is 18.4. The first-order valence-corrected chi connectivity index (χ1v) is 16.3. The fourth-order valence-electron chi connectivity index (χ4n) is 6.27. The second-order valence-electron chi connectivity index (χ2n) is 11.9. The molecule has 12 heteroatoms. The van der Waals surface area contributed by atoms with E-state index in [0.29, 0.717) is 28.6 Å². The quantitative estimate of drug-likeness (QED) is 0.170. The third-order valence-electron chi connectivity index (χ3n) is 8.90. The molecule has 0 bridgehead atoms. The predicted molar refractivity (Wildman–Crippen MR) is 174 cm³/mol. The van der Waals surface area contributed by atoms with Crippen molar-refractivity contribution in [3.05, 3.63) is 105 Å². The summed E-state index contributed by atoms with van der Waals surface area (Å²) in [6.45, 7) is 3.32. The van der Waals surface area contributed by atoms with E-state index in [1.165, 1.54) is 6.07 Å². The molecule has 1 saturated carbocycles. The number of piperidine rings is 1. The number of aromatic nitrogens is 1. The second-order valence-corrected chi connectivity index (χ2v) is 12.7. The fourth-order valence-corrected chi connectivity index (χ4v) is 6.80. The van der Waals surface area contributed by atoms with Crippen molar-refractivity contribution >= 4 is 35.0 Å². The van der Waals surface area contributed by atoms with Gasteiger partial charge in [-0.2, -0.15) is 0 Å². The summed E-state index contributed by atoms with van der Waals surface area (Å²) in [5.41, 5.74) is 2.16. The molecular weight excluding hydrogens is 649 g/mol. The van der Waals surface area contributed by atoms with E-state index in [9.17, 15) is 18.4 Å². The number of halogens is 4. The Labute approximate surface area is 281 Å². The van der Waals surface area contributed by atoms with Gasteiger partial charge in [0.2, 0.25) is 5.91 Å². The van der Waals surface area contributed by atoms with E-state index in [1.807, 2.05) is 36.1 Å². The van der Waals surface area contributed by atoms with E-state index in [0.717, 1.165) is 49.1 Å². The monoisotopic (exact) mass is 682 g/mol. The highest BCUT2D eigenvalue weighted by molar-refractivity contribution is 6.33. The van der Waals surface area contributed by atoms with Crippen LogP contribution in [0.25, 0.3) is 11.3 Å². The number of hydrogen-bond donors (Lipinski definition) is 2. The minimum absolute atomic E-state index is 0.00721. The number of hydrogen-bond acceptors (Lipinski definition) is 6. The molecule has 2 amide bonds. The van der Waals surface area contributed by atoms with Crippen molar-refractivity contribution in [2.24, 2.45) is 5.92 Å². The van der Waals surface area contributed by atoms with Gasteiger partial charge in [-0.25, -0.2) is 8.78 Å². The molecule has 3 atom stereocenters. The van der Waals surface area contributed by atoms with Gasteiger partial charge in [0.05, 0.1) is 22.5 Å². The Bertz CT molecular complexity index is 1780. The molecule has 2 N–H and O–H groups in total. The Kier molecular flexibility index (Phi) is 9.82. The second kappa shape index (κ2) is 14.0. The summed E-state index contributed by atoms with van der Waals surface area (Å²) < 4.78 is 39.3. The molecule has 246 valence electrons. The number of carbonyl (C=O) groups is 2. The maximum absolute atomic E-state index is 14.3. The van der Waals surface area contributed by atoms with Crippen LogP contribution in [0.15, 0.2) is 65.2 Å². The lowest BCUT2D eigenvalue weighted by Crippen LogP contribution is -2.48. The average molecular weight is 684 g/mol. The maximum atomic E-state index is 14.3. The molecular formula is C35H34Cl2F2N4O4. The van der Waals surface area contributed by atoms with Crippen LogP contribution in [0.1, 0.15) is 65.4 Å². The van der Waals surface area contributed by atoms with Crippen molar-refractivity contribution < 1.29 is 27.6 Å². The van der Waals surface area contributed by atoms with Crippen molar-refractivity contribution in [3.8, 4) is 17.0 Å². The van der Waals surface area contributed by atoms with Crippen LogP contribution in [0.2, 0.25) is 10.0 Å². The number of ether oxygens (including phenoxy) is 1. The smallest absolute Gasteiger partial charge is 0.251 e. The zero-order valence-corrected chi connectivity index (χ0v) is 27.4. The van der Waals surface area contributed by atoms with Gasteiger partial charge in [-0.15, -0.1) is 0 Å². The van der Waals surface area contributed by atoms with Crippen LogP contribution in [0.3, 0.4) is 0 Å². The van der Waals surface area contributed by atoms with Crippen molar-refractivity contribution in [1.82, 2.24) is 20.7 Å². The maximum Gasteiger partial charge on any atom is 0.251 e. The van der Waals surface area contributed by atoms with Gasteiger partial charge in [-0.1, -0.05) is 40.5 Å². The van der Waals surface area contributed by atoms with E-state index in [2.05, 4.69) is 15.8 Å². The first-order valence-electron chi connectivity index (χ1n) is 15.5. The summed E-state index contributed by atoms with van der Waals surface area (Å²) >= 11 is 12.6. The third kappa shape index (κ3) is 7.00. The Morgan fingerprint density at radius 2 is 1.81 bits per heavy atom. The summed E-state index contributed by atoms with van der Waals surface area (Å²) in [5.74, 6) is -1.04. The summed E-state index contributed by atoms with van der Waals surface area (Å²) in [6.07, 6.45) is 2.64. The highest BCUT2D eigenvalue weighted by Gasteiger charge is 2.42. The van der Waals surface area contributed by atoms with Crippen molar-refractivity contribution in [2.45, 2.75) is 50.8 Å². The number of nitrogens with one attached hydrogen (secondary N) is 2. The Morgan fingerprint density at radius 1 is 1.06 bits per heavy atom. The lowest BCUT2D eigenvalue weighted by Gasteiger charge is -2.38. The Balaban J connectivity index is 1.15. The first-order chi connectivity index (χ1) is 22.7. The van der Waals surface area contributed by atoms with Crippen LogP contribution in [-0.2, 0) is 11.4 Å². The summed E-state index contributed by atoms with van der Waals surface area (Å²) in [6, 6.07) is 16.0. The van der Waals surface area contributed by atoms with Crippen LogP contribution < -0.4 is 15.4 Å². The molecule has 1 aromatic heterocycles. The molecule has 3 aromatic carbocycles. The van der Waals surface area contributed by atoms with Gasteiger partial charge in [0.25, 0.3) is 5.91 Å². The number of carbonyl (C=O) groups excluding carboxylic acids is 2. The number of nitrogens with zero attached hydrogens (tertiary/aromatic N) is 2. The summed E-state index contributed by atoms with van der Waals surface area (Å²) in [7, 11) is 1.58. The highest BCUT2D eigenvalue weighted by atomic mass is 35.5. The fraction of sp³-hybridized carbons (Fsp3) is 0.343. The standard InChI is InChI=1S/C35H34Cl2F2N4O4/c1-19(26-15-21(34(44)40-2)5-10-28(26)36)43(22-6-7-22)35(45)27-17-41-14-13-25(27)20-3-8-23(9-4-20)46-18-24-16-31(42-47-24)32-29(38)11-12-30(39)33(32)37/h3-5,8-12,15-16,19,22,25,27,41H,6-7,13-14,17-18H2,1-2H3,(H,40,44)/t19?,25-,27+/m1/s1. The minimum atomic E-state index is -0.756. The minimum Gasteiger partial charge on any atom is -0.486 e. The van der Waals surface area contributed by atoms with Gasteiger partial charge in [-0.3, -0.25) is 9.59 Å². The Hall–Kier alpha value is -3.99. The molecule has 2 aliphatic rings. The molecule has 1 unspecified atom stereocenters. The predicted octanol–water partition coefficient (Wildman–Crippen LogP) is 7.31. The molecule has 6 rings (SSSR count). The average Bonchev–Trinajstić information content (AvgIpc) is 3.81. The van der Waals surface area contributed by atoms with Crippen LogP contribution in [0.4, 0.5) is 8.78 Å². The Morgan fingerprint density at radius 3 is 2.53 bits per heavy atom. The van der Waals surface area contributed by atoms with Crippen LogP contribution >= 0.6 is 23.2 Å². The van der Waals surface area contributed by atoms with Crippen LogP contribution in [0, 0.1) is 17.6 Å². The van der Waals surface area contributed by atoms with E-state index in [1.54, 1.807) is 25.2 Å². The summed E-state index contributed by atoms with van der Waals surface area (Å²) in [5, 5.41) is 10.0. The van der Waals surface area contributed by atoms with E-state index in [4.69, 9.17) is 32.5 Å². The molecule has 47 heavy (non-hydrogen) atoms. The highest BCUT2D eigenvalue weighted by Crippen LogP contribution is 2.41. The molecule has 2 heterocycles. The van der Waals surface area contributed by atoms with Gasteiger partial charge in [0.15, 0.2) is 5.76 Å². The van der Waals surface area contributed by atoms with E-state index >= 15 is 0 Å². The zero-order valence-electron chi connectivity index (χ0n) is 25.9. The van der Waals surface area contributed by atoms with E-state index < -0.39 is 11.6 Å². The molecule has 1 aliphatic heterocycles. The summed E-state index contributed by atoms with van der Waals surface area (Å²) in [4.78, 5) is 28.6. The number of rotatable bonds is 10. The largest absolute Gasteiger partial charge is 0.486 e. The third-order valence-corrected chi connectivity index (χ3v) is 9.61. The molecule has 1 aliphatic carbocycles. The SMILES string of the molecule is CNC(=O)c1ccc(Cl)c(C(C)N(C(=O)[C@H]2CNCC[C@@H]2c2ccc(OCc3cc(-c4c(F)ccc(F)c4Cl)no3)cc2)C2CC2)c1. The zero-order chi connectivity index (χ0) is 33.2. The van der Waals surface area contributed by atoms with Gasteiger partial charge in [0, 0.05) is 36.3 Å². The van der Waals surface area contributed by atoms with Gasteiger partial charge < -0.3 is 24.8 Å². The molecule has 4 aromatic rings. The number of benzene rings is 3.